The number of nitrogens with zero attached hydrogens (tertiary/aromatic N) is 4. The molecular formula is C25H32N6O2. The molecule has 1 fully saturated rings. The zero-order chi connectivity index (χ0) is 23.2. The van der Waals surface area contributed by atoms with E-state index in [9.17, 15) is 4.79 Å². The molecule has 1 aliphatic heterocycles. The number of nitrogens with one attached hydrogen (secondary N) is 2. The number of morpholine rings is 1. The van der Waals surface area contributed by atoms with Crippen molar-refractivity contribution in [2.24, 2.45) is 0 Å². The van der Waals surface area contributed by atoms with Crippen LogP contribution in [0.2, 0.25) is 0 Å². The van der Waals surface area contributed by atoms with E-state index < -0.39 is 0 Å². The number of aromatic nitrogens is 3. The first-order valence-corrected chi connectivity index (χ1v) is 11.5. The van der Waals surface area contributed by atoms with Crippen LogP contribution < -0.4 is 15.5 Å². The zero-order valence-corrected chi connectivity index (χ0v) is 19.5. The number of ether oxygens (including phenoxy) is 1. The number of benzene rings is 1. The van der Waals surface area contributed by atoms with E-state index in [0.29, 0.717) is 12.2 Å². The smallest absolute Gasteiger partial charge is 0.319 e. The molecule has 0 bridgehead atoms. The molecule has 1 aliphatic rings. The molecule has 3 heterocycles. The van der Waals surface area contributed by atoms with Gasteiger partial charge in [0.25, 0.3) is 0 Å². The second-order valence-electron chi connectivity index (χ2n) is 8.57. The third-order valence-corrected chi connectivity index (χ3v) is 5.68. The number of carbonyl (C=O) groups is 1. The predicted molar refractivity (Wildman–Crippen MR) is 130 cm³/mol. The Morgan fingerprint density at radius 2 is 1.88 bits per heavy atom. The standard InChI is InChI=1S/C25H32N6O2/c1-18-15-30(16-19(2)33-18)24-12-11-22(14-27-24)28-25(32)26-13-7-8-21-17-31(29-20(21)3)23-9-5-4-6-10-23/h4-6,9-12,14,17-19H,7-8,13,15-16H2,1-3H3,(H2,26,28,32)/t18-,19-/m1/s1. The van der Waals surface area contributed by atoms with Crippen LogP contribution in [-0.2, 0) is 11.2 Å². The van der Waals surface area contributed by atoms with Gasteiger partial charge in [0, 0.05) is 25.8 Å². The summed E-state index contributed by atoms with van der Waals surface area (Å²) in [6.07, 6.45) is 5.80. The average molecular weight is 449 g/mol. The summed E-state index contributed by atoms with van der Waals surface area (Å²) in [5, 5.41) is 10.4. The monoisotopic (exact) mass is 448 g/mol. The van der Waals surface area contributed by atoms with Crippen molar-refractivity contribution in [3.8, 4) is 5.69 Å². The topological polar surface area (TPSA) is 84.3 Å². The average Bonchev–Trinajstić information content (AvgIpc) is 3.17. The van der Waals surface area contributed by atoms with Gasteiger partial charge in [-0.1, -0.05) is 18.2 Å². The molecule has 0 radical (unpaired) electrons. The lowest BCUT2D eigenvalue weighted by atomic mass is 10.1. The highest BCUT2D eigenvalue weighted by atomic mass is 16.5. The van der Waals surface area contributed by atoms with E-state index in [4.69, 9.17) is 4.74 Å². The van der Waals surface area contributed by atoms with Crippen molar-refractivity contribution in [1.82, 2.24) is 20.1 Å². The molecule has 0 aliphatic carbocycles. The molecular weight excluding hydrogens is 416 g/mol. The van der Waals surface area contributed by atoms with Gasteiger partial charge in [0.15, 0.2) is 0 Å². The Morgan fingerprint density at radius 1 is 1.12 bits per heavy atom. The van der Waals surface area contributed by atoms with E-state index in [-0.39, 0.29) is 18.2 Å². The number of hydrogen-bond donors (Lipinski definition) is 2. The minimum atomic E-state index is -0.227. The van der Waals surface area contributed by atoms with Crippen molar-refractivity contribution in [1.29, 1.82) is 0 Å². The van der Waals surface area contributed by atoms with Crippen molar-refractivity contribution < 1.29 is 9.53 Å². The molecule has 2 amide bonds. The van der Waals surface area contributed by atoms with Gasteiger partial charge in [0.2, 0.25) is 0 Å². The largest absolute Gasteiger partial charge is 0.372 e. The summed E-state index contributed by atoms with van der Waals surface area (Å²) < 4.78 is 7.68. The maximum atomic E-state index is 12.3. The molecule has 0 spiro atoms. The first-order valence-electron chi connectivity index (χ1n) is 11.5. The summed E-state index contributed by atoms with van der Waals surface area (Å²) in [6, 6.07) is 13.7. The number of amides is 2. The van der Waals surface area contributed by atoms with E-state index in [1.54, 1.807) is 6.20 Å². The Labute approximate surface area is 195 Å². The molecule has 0 saturated carbocycles. The molecule has 3 aromatic rings. The first-order chi connectivity index (χ1) is 16.0. The van der Waals surface area contributed by atoms with Crippen LogP contribution in [0.3, 0.4) is 0 Å². The van der Waals surface area contributed by atoms with E-state index >= 15 is 0 Å². The number of aryl methyl sites for hydroxylation is 2. The molecule has 174 valence electrons. The number of rotatable bonds is 7. The van der Waals surface area contributed by atoms with Gasteiger partial charge in [-0.3, -0.25) is 0 Å². The predicted octanol–water partition coefficient (Wildman–Crippen LogP) is 3.94. The summed E-state index contributed by atoms with van der Waals surface area (Å²) in [5.74, 6) is 0.898. The number of carbonyl (C=O) groups excluding carboxylic acids is 1. The molecule has 33 heavy (non-hydrogen) atoms. The van der Waals surface area contributed by atoms with Crippen molar-refractivity contribution >= 4 is 17.5 Å². The van der Waals surface area contributed by atoms with Crippen LogP contribution in [0.25, 0.3) is 5.69 Å². The maximum Gasteiger partial charge on any atom is 0.319 e. The normalized spacial score (nSPS) is 18.2. The number of para-hydroxylation sites is 1. The highest BCUT2D eigenvalue weighted by Gasteiger charge is 2.23. The third-order valence-electron chi connectivity index (χ3n) is 5.68. The summed E-state index contributed by atoms with van der Waals surface area (Å²) in [6.45, 7) is 8.36. The van der Waals surface area contributed by atoms with Crippen LogP contribution in [0.4, 0.5) is 16.3 Å². The van der Waals surface area contributed by atoms with Crippen molar-refractivity contribution in [3.63, 3.8) is 0 Å². The number of urea groups is 1. The van der Waals surface area contributed by atoms with Gasteiger partial charge in [-0.25, -0.2) is 14.5 Å². The minimum absolute atomic E-state index is 0.176. The van der Waals surface area contributed by atoms with Gasteiger partial charge in [0.05, 0.1) is 35.5 Å². The highest BCUT2D eigenvalue weighted by molar-refractivity contribution is 5.89. The van der Waals surface area contributed by atoms with E-state index in [0.717, 1.165) is 43.1 Å². The second kappa shape index (κ2) is 10.5. The molecule has 0 unspecified atom stereocenters. The second-order valence-corrected chi connectivity index (χ2v) is 8.57. The molecule has 8 nitrogen and oxygen atoms in total. The minimum Gasteiger partial charge on any atom is -0.372 e. The summed E-state index contributed by atoms with van der Waals surface area (Å²) in [7, 11) is 0. The van der Waals surface area contributed by atoms with E-state index in [2.05, 4.69) is 45.7 Å². The van der Waals surface area contributed by atoms with E-state index in [1.165, 1.54) is 5.56 Å². The quantitative estimate of drug-likeness (QED) is 0.535. The van der Waals surface area contributed by atoms with Gasteiger partial charge in [-0.15, -0.1) is 0 Å². The fourth-order valence-corrected chi connectivity index (χ4v) is 4.12. The molecule has 8 heteroatoms. The van der Waals surface area contributed by atoms with Crippen molar-refractivity contribution in [3.05, 3.63) is 66.1 Å². The van der Waals surface area contributed by atoms with Gasteiger partial charge < -0.3 is 20.3 Å². The van der Waals surface area contributed by atoms with Crippen LogP contribution in [0.1, 0.15) is 31.5 Å². The van der Waals surface area contributed by atoms with Gasteiger partial charge in [0.1, 0.15) is 5.82 Å². The third kappa shape index (κ3) is 6.10. The first kappa shape index (κ1) is 22.8. The van der Waals surface area contributed by atoms with Crippen molar-refractivity contribution in [2.45, 2.75) is 45.8 Å². The summed E-state index contributed by atoms with van der Waals surface area (Å²) in [4.78, 5) is 19.0. The molecule has 2 aromatic heterocycles. The fourth-order valence-electron chi connectivity index (χ4n) is 4.12. The van der Waals surface area contributed by atoms with Crippen LogP contribution in [0.15, 0.2) is 54.9 Å². The van der Waals surface area contributed by atoms with Gasteiger partial charge in [-0.2, -0.15) is 5.10 Å². The molecule has 4 rings (SSSR count). The fraction of sp³-hybridized carbons (Fsp3) is 0.400. The van der Waals surface area contributed by atoms with Crippen molar-refractivity contribution in [2.75, 3.05) is 29.9 Å². The lowest BCUT2D eigenvalue weighted by molar-refractivity contribution is -0.00545. The van der Waals surface area contributed by atoms with Crippen LogP contribution >= 0.6 is 0 Å². The molecule has 1 aromatic carbocycles. The highest BCUT2D eigenvalue weighted by Crippen LogP contribution is 2.19. The Balaban J connectivity index is 1.21. The Hall–Kier alpha value is -3.39. The Kier molecular flexibility index (Phi) is 7.24. The Bertz CT molecular complexity index is 1040. The Morgan fingerprint density at radius 3 is 2.58 bits per heavy atom. The summed E-state index contributed by atoms with van der Waals surface area (Å²) >= 11 is 0. The van der Waals surface area contributed by atoms with Crippen LogP contribution in [-0.4, -0.2) is 52.6 Å². The number of pyridine rings is 1. The molecule has 1 saturated heterocycles. The van der Waals surface area contributed by atoms with Gasteiger partial charge in [-0.05, 0) is 63.4 Å². The number of anilines is 2. The number of hydrogen-bond acceptors (Lipinski definition) is 5. The lowest BCUT2D eigenvalue weighted by Gasteiger charge is -2.36. The molecule has 2 atom stereocenters. The summed E-state index contributed by atoms with van der Waals surface area (Å²) in [5.41, 5.74) is 3.92. The zero-order valence-electron chi connectivity index (χ0n) is 19.5. The van der Waals surface area contributed by atoms with E-state index in [1.807, 2.05) is 54.1 Å². The van der Waals surface area contributed by atoms with Gasteiger partial charge >= 0.3 is 6.03 Å². The van der Waals surface area contributed by atoms with Crippen LogP contribution in [0.5, 0.6) is 0 Å². The van der Waals surface area contributed by atoms with Crippen LogP contribution in [0, 0.1) is 6.92 Å². The lowest BCUT2D eigenvalue weighted by Crippen LogP contribution is -2.45. The SMILES string of the molecule is Cc1nn(-c2ccccc2)cc1CCCNC(=O)Nc1ccc(N2C[C@@H](C)O[C@H](C)C2)nc1. The molecule has 2 N–H and O–H groups in total. The maximum absolute atomic E-state index is 12.3.